The fourth-order valence-corrected chi connectivity index (χ4v) is 6.26. The van der Waals surface area contributed by atoms with Crippen molar-refractivity contribution in [3.05, 3.63) is 125 Å². The number of likely N-dealkylation sites (tertiary alicyclic amines) is 1. The van der Waals surface area contributed by atoms with Gasteiger partial charge in [-0.05, 0) is 84.1 Å². The van der Waals surface area contributed by atoms with Gasteiger partial charge in [-0.2, -0.15) is 4.39 Å². The van der Waals surface area contributed by atoms with Gasteiger partial charge in [0.15, 0.2) is 0 Å². The van der Waals surface area contributed by atoms with Crippen molar-refractivity contribution in [1.82, 2.24) is 15.2 Å². The molecular formula is C34H32ClFN4O. The number of nitrogens with one attached hydrogen (secondary N) is 1. The summed E-state index contributed by atoms with van der Waals surface area (Å²) in [7, 11) is 0. The molecule has 3 aromatic carbocycles. The van der Waals surface area contributed by atoms with Gasteiger partial charge < -0.3 is 5.32 Å². The Kier molecular flexibility index (Phi) is 7.86. The Hall–Kier alpha value is -4.00. The summed E-state index contributed by atoms with van der Waals surface area (Å²) in [5.74, 6) is -0.551. The lowest BCUT2D eigenvalue weighted by atomic mass is 9.72. The number of carbonyl (C=O) groups excluding carboxylic acids is 1. The van der Waals surface area contributed by atoms with Crippen LogP contribution in [0.5, 0.6) is 0 Å². The van der Waals surface area contributed by atoms with Crippen molar-refractivity contribution < 1.29 is 9.18 Å². The lowest BCUT2D eigenvalue weighted by molar-refractivity contribution is 0.180. The maximum atomic E-state index is 13.6. The molecule has 1 spiro atoms. The number of carbonyl (C=O) groups is 1. The number of anilines is 1. The number of piperidine rings is 1. The van der Waals surface area contributed by atoms with Crippen LogP contribution in [-0.2, 0) is 12.0 Å². The number of pyridine rings is 1. The minimum absolute atomic E-state index is 0.141. The Labute approximate surface area is 245 Å². The van der Waals surface area contributed by atoms with Crippen LogP contribution in [0.15, 0.2) is 97.2 Å². The summed E-state index contributed by atoms with van der Waals surface area (Å²) in [6, 6.07) is 27.5. The molecule has 7 heteroatoms. The van der Waals surface area contributed by atoms with E-state index in [0.717, 1.165) is 54.3 Å². The van der Waals surface area contributed by atoms with Gasteiger partial charge in [-0.25, -0.2) is 9.78 Å². The van der Waals surface area contributed by atoms with E-state index in [4.69, 9.17) is 11.6 Å². The first-order chi connectivity index (χ1) is 20.0. The standard InChI is InChI=1S/C34H32ClFN4O/c35-28-13-11-25(12-14-28)6-5-19-39-20-16-34(17-21-39)24-40(33(41)38-23-26-15-18-37-31(36)22-26)30-10-4-9-29(32(30)34)27-7-2-1-3-8-27/h1-15,18,22H,16-17,19-21,23-24H2,(H,38,41)/b6-5+. The second kappa shape index (κ2) is 11.9. The Morgan fingerprint density at radius 2 is 1.78 bits per heavy atom. The zero-order chi connectivity index (χ0) is 28.2. The summed E-state index contributed by atoms with van der Waals surface area (Å²) in [5, 5.41) is 3.75. The number of hydrogen-bond acceptors (Lipinski definition) is 3. The predicted octanol–water partition coefficient (Wildman–Crippen LogP) is 7.32. The molecule has 4 aromatic rings. The number of benzene rings is 3. The molecule has 1 aromatic heterocycles. The molecule has 0 unspecified atom stereocenters. The highest BCUT2D eigenvalue weighted by molar-refractivity contribution is 6.30. The van der Waals surface area contributed by atoms with Gasteiger partial charge in [-0.1, -0.05) is 78.4 Å². The molecule has 41 heavy (non-hydrogen) atoms. The van der Waals surface area contributed by atoms with E-state index in [9.17, 15) is 9.18 Å². The van der Waals surface area contributed by atoms with Crippen LogP contribution < -0.4 is 10.2 Å². The zero-order valence-corrected chi connectivity index (χ0v) is 23.5. The van der Waals surface area contributed by atoms with Crippen molar-refractivity contribution in [2.75, 3.05) is 31.1 Å². The summed E-state index contributed by atoms with van der Waals surface area (Å²) in [5.41, 5.74) is 6.23. The number of nitrogens with zero attached hydrogens (tertiary/aromatic N) is 3. The van der Waals surface area contributed by atoms with E-state index in [2.05, 4.69) is 63.8 Å². The molecule has 5 nitrogen and oxygen atoms in total. The molecule has 0 radical (unpaired) electrons. The predicted molar refractivity (Wildman–Crippen MR) is 163 cm³/mol. The van der Waals surface area contributed by atoms with Gasteiger partial charge >= 0.3 is 6.03 Å². The third-order valence-corrected chi connectivity index (χ3v) is 8.50. The van der Waals surface area contributed by atoms with E-state index in [1.54, 1.807) is 6.07 Å². The summed E-state index contributed by atoms with van der Waals surface area (Å²) in [6.07, 6.45) is 7.68. The van der Waals surface area contributed by atoms with Crippen molar-refractivity contribution in [3.63, 3.8) is 0 Å². The highest BCUT2D eigenvalue weighted by Gasteiger charge is 2.47. The van der Waals surface area contributed by atoms with E-state index in [1.807, 2.05) is 41.3 Å². The number of halogens is 2. The number of urea groups is 1. The minimum atomic E-state index is -0.551. The zero-order valence-electron chi connectivity index (χ0n) is 22.8. The quantitative estimate of drug-likeness (QED) is 0.249. The molecule has 0 bridgehead atoms. The molecule has 1 saturated heterocycles. The third-order valence-electron chi connectivity index (χ3n) is 8.25. The Morgan fingerprint density at radius 1 is 1.00 bits per heavy atom. The highest BCUT2D eigenvalue weighted by Crippen LogP contribution is 2.51. The van der Waals surface area contributed by atoms with Crippen molar-refractivity contribution in [2.24, 2.45) is 0 Å². The van der Waals surface area contributed by atoms with Crippen LogP contribution in [0.25, 0.3) is 17.2 Å². The lowest BCUT2D eigenvalue weighted by Gasteiger charge is -2.40. The second-order valence-corrected chi connectivity index (χ2v) is 11.3. The normalized spacial score (nSPS) is 16.3. The number of hydrogen-bond donors (Lipinski definition) is 1. The fraction of sp³-hybridized carbons (Fsp3) is 0.235. The van der Waals surface area contributed by atoms with E-state index >= 15 is 0 Å². The molecule has 208 valence electrons. The molecule has 1 N–H and O–H groups in total. The van der Waals surface area contributed by atoms with E-state index in [1.165, 1.54) is 23.4 Å². The Bertz CT molecular complexity index is 1550. The number of rotatable bonds is 6. The van der Waals surface area contributed by atoms with Crippen molar-refractivity contribution in [3.8, 4) is 11.1 Å². The number of aromatic nitrogens is 1. The SMILES string of the molecule is O=C(NCc1ccnc(F)c1)N1CC2(CCN(C/C=C/c3ccc(Cl)cc3)CC2)c2c(-c3ccccc3)cccc21. The van der Waals surface area contributed by atoms with Crippen molar-refractivity contribution in [2.45, 2.75) is 24.8 Å². The van der Waals surface area contributed by atoms with Crippen LogP contribution in [0.2, 0.25) is 5.02 Å². The minimum Gasteiger partial charge on any atom is -0.334 e. The Balaban J connectivity index is 1.23. The molecule has 2 amide bonds. The molecule has 1 fully saturated rings. The molecule has 0 atom stereocenters. The molecule has 0 saturated carbocycles. The molecule has 3 heterocycles. The average molecular weight is 567 g/mol. The van der Waals surface area contributed by atoms with Gasteiger partial charge in [0.25, 0.3) is 0 Å². The second-order valence-electron chi connectivity index (χ2n) is 10.8. The van der Waals surface area contributed by atoms with E-state index in [0.29, 0.717) is 12.1 Å². The molecule has 2 aliphatic rings. The summed E-state index contributed by atoms with van der Waals surface area (Å²) in [4.78, 5) is 21.5. The van der Waals surface area contributed by atoms with Crippen molar-refractivity contribution >= 4 is 29.4 Å². The number of fused-ring (bicyclic) bond motifs is 2. The van der Waals surface area contributed by atoms with Gasteiger partial charge in [-0.15, -0.1) is 0 Å². The number of amides is 2. The topological polar surface area (TPSA) is 48.5 Å². The van der Waals surface area contributed by atoms with E-state index in [-0.39, 0.29) is 18.0 Å². The van der Waals surface area contributed by atoms with Crippen LogP contribution in [0.4, 0.5) is 14.9 Å². The van der Waals surface area contributed by atoms with Crippen LogP contribution in [0.1, 0.15) is 29.5 Å². The third kappa shape index (κ3) is 5.90. The Morgan fingerprint density at radius 3 is 2.54 bits per heavy atom. The lowest BCUT2D eigenvalue weighted by Crippen LogP contribution is -2.47. The smallest absolute Gasteiger partial charge is 0.322 e. The van der Waals surface area contributed by atoms with Gasteiger partial charge in [0.2, 0.25) is 5.95 Å². The molecular weight excluding hydrogens is 535 g/mol. The van der Waals surface area contributed by atoms with Gasteiger partial charge in [-0.3, -0.25) is 9.80 Å². The monoisotopic (exact) mass is 566 g/mol. The highest BCUT2D eigenvalue weighted by atomic mass is 35.5. The van der Waals surface area contributed by atoms with E-state index < -0.39 is 5.95 Å². The first-order valence-corrected chi connectivity index (χ1v) is 14.4. The molecule has 6 rings (SSSR count). The first-order valence-electron chi connectivity index (χ1n) is 14.0. The largest absolute Gasteiger partial charge is 0.334 e. The van der Waals surface area contributed by atoms with Crippen LogP contribution in [-0.4, -0.2) is 42.1 Å². The van der Waals surface area contributed by atoms with Crippen LogP contribution in [0, 0.1) is 5.95 Å². The van der Waals surface area contributed by atoms with Gasteiger partial charge in [0.1, 0.15) is 0 Å². The summed E-state index contributed by atoms with van der Waals surface area (Å²) in [6.45, 7) is 3.62. The maximum absolute atomic E-state index is 13.6. The summed E-state index contributed by atoms with van der Waals surface area (Å²) >= 11 is 6.02. The maximum Gasteiger partial charge on any atom is 0.322 e. The van der Waals surface area contributed by atoms with Crippen LogP contribution in [0.3, 0.4) is 0 Å². The first kappa shape index (κ1) is 27.2. The molecule has 0 aliphatic carbocycles. The average Bonchev–Trinajstić information content (AvgIpc) is 3.32. The molecule has 2 aliphatic heterocycles. The fourth-order valence-electron chi connectivity index (χ4n) is 6.14. The van der Waals surface area contributed by atoms with Crippen molar-refractivity contribution in [1.29, 1.82) is 0 Å². The van der Waals surface area contributed by atoms with Gasteiger partial charge in [0, 0.05) is 42.0 Å². The van der Waals surface area contributed by atoms with Crippen LogP contribution >= 0.6 is 11.6 Å². The van der Waals surface area contributed by atoms with Gasteiger partial charge in [0.05, 0.1) is 0 Å². The summed E-state index contributed by atoms with van der Waals surface area (Å²) < 4.78 is 13.6.